The average Bonchev–Trinajstić information content (AvgIpc) is 2.46. The molecule has 0 unspecified atom stereocenters. The van der Waals surface area contributed by atoms with E-state index in [9.17, 15) is 44.1 Å². The number of carbonyl (C=O) groups is 6. The van der Waals surface area contributed by atoms with Crippen molar-refractivity contribution in [3.63, 3.8) is 0 Å². The predicted octanol–water partition coefficient (Wildman–Crippen LogP) is -1.52. The van der Waals surface area contributed by atoms with Crippen LogP contribution in [0, 0.1) is 0 Å². The normalized spacial score (nSPS) is 8.68. The molecule has 0 fully saturated rings. The van der Waals surface area contributed by atoms with Crippen molar-refractivity contribution in [1.29, 1.82) is 0 Å². The van der Waals surface area contributed by atoms with Gasteiger partial charge in [-0.05, 0) is 19.3 Å². The van der Waals surface area contributed by atoms with Crippen LogP contribution in [0.15, 0.2) is 0 Å². The molecule has 9 nitrogen and oxygen atoms in total. The maximum Gasteiger partial charge on any atom is 3.00 e. The van der Waals surface area contributed by atoms with Crippen molar-refractivity contribution in [3.05, 3.63) is 0 Å². The van der Waals surface area contributed by atoms with Crippen LogP contribution in [-0.4, -0.2) is 35.3 Å². The van der Waals surface area contributed by atoms with Crippen LogP contribution in [0.5, 0.6) is 0 Å². The number of rotatable bonds is 12. The van der Waals surface area contributed by atoms with Crippen molar-refractivity contribution in [1.82, 2.24) is 0 Å². The van der Waals surface area contributed by atoms with Crippen molar-refractivity contribution in [2.45, 2.75) is 78.6 Å². The molecule has 0 aliphatic heterocycles. The Balaban J connectivity index is -0.000000152. The Morgan fingerprint density at radius 3 is 0.786 bits per heavy atom. The molecular weight excluding hydrogens is 461 g/mol. The number of carboxylic acid groups (broad SMARTS) is 3. The molecule has 0 aliphatic rings. The van der Waals surface area contributed by atoms with Gasteiger partial charge in [-0.25, -0.2) is 0 Å². The summed E-state index contributed by atoms with van der Waals surface area (Å²) in [5.74, 6) is -4.61. The Morgan fingerprint density at radius 2 is 0.679 bits per heavy atom. The summed E-state index contributed by atoms with van der Waals surface area (Å²) in [5.41, 5.74) is 0. The zero-order valence-electron chi connectivity index (χ0n) is 16.4. The van der Waals surface area contributed by atoms with Crippen LogP contribution >= 0.6 is 0 Å². The summed E-state index contributed by atoms with van der Waals surface area (Å²) in [7, 11) is 0. The largest absolute Gasteiger partial charge is 3.00 e. The van der Waals surface area contributed by atoms with Crippen LogP contribution in [0.1, 0.15) is 78.6 Å². The monoisotopic (exact) mass is 489 g/mol. The molecule has 0 aliphatic carbocycles. The zero-order valence-corrected chi connectivity index (χ0v) is 18.1. The van der Waals surface area contributed by atoms with Gasteiger partial charge in [0.1, 0.15) is 17.3 Å². The summed E-state index contributed by atoms with van der Waals surface area (Å²) >= 11 is 0. The molecule has 0 aromatic carbocycles. The number of Topliss-reactive ketones (excluding diaryl/α,β-unsaturated/α-hetero) is 3. The Morgan fingerprint density at radius 1 is 0.500 bits per heavy atom. The minimum atomic E-state index is -1.28. The summed E-state index contributed by atoms with van der Waals surface area (Å²) in [6.07, 6.45) is 1.82. The van der Waals surface area contributed by atoms with E-state index in [1.54, 1.807) is 0 Å². The smallest absolute Gasteiger partial charge is 0.550 e. The molecule has 0 N–H and O–H groups in total. The first-order valence-corrected chi connectivity index (χ1v) is 8.64. The zero-order chi connectivity index (χ0) is 21.8. The van der Waals surface area contributed by atoms with E-state index in [2.05, 4.69) is 0 Å². The third-order valence-electron chi connectivity index (χ3n) is 2.61. The van der Waals surface area contributed by atoms with Crippen molar-refractivity contribution >= 4 is 35.3 Å². The fraction of sp³-hybridized carbons (Fsp3) is 0.667. The van der Waals surface area contributed by atoms with Gasteiger partial charge in [-0.3, -0.25) is 14.4 Å². The van der Waals surface area contributed by atoms with E-state index in [-0.39, 0.29) is 36.8 Å². The molecule has 0 rings (SSSR count). The van der Waals surface area contributed by atoms with Crippen molar-refractivity contribution in [3.8, 4) is 0 Å². The van der Waals surface area contributed by atoms with Crippen LogP contribution < -0.4 is 15.3 Å². The van der Waals surface area contributed by atoms with Gasteiger partial charge in [-0.15, -0.1) is 0 Å². The molecular formula is C18H27O9Ru. The molecule has 28 heavy (non-hydrogen) atoms. The minimum Gasteiger partial charge on any atom is -0.550 e. The molecule has 0 bridgehead atoms. The molecule has 161 valence electrons. The van der Waals surface area contributed by atoms with Gasteiger partial charge in [0.2, 0.25) is 0 Å². The molecule has 0 aromatic rings. The topological polar surface area (TPSA) is 172 Å². The molecule has 10 heteroatoms. The third-order valence-corrected chi connectivity index (χ3v) is 2.61. The van der Waals surface area contributed by atoms with E-state index in [1.165, 1.54) is 0 Å². The Labute approximate surface area is 177 Å². The van der Waals surface area contributed by atoms with Crippen LogP contribution in [0.3, 0.4) is 0 Å². The Bertz CT molecular complexity index is 430. The summed E-state index contributed by atoms with van der Waals surface area (Å²) < 4.78 is 0. The summed E-state index contributed by atoms with van der Waals surface area (Å²) in [6, 6.07) is 0. The van der Waals surface area contributed by atoms with Gasteiger partial charge < -0.3 is 29.7 Å². The first-order valence-electron chi connectivity index (χ1n) is 8.64. The maximum absolute atomic E-state index is 10.4. The molecule has 0 spiro atoms. The number of ketones is 3. The summed E-state index contributed by atoms with van der Waals surface area (Å²) in [6.45, 7) is 5.48. The second kappa shape index (κ2) is 23.1. The third kappa shape index (κ3) is 35.2. The van der Waals surface area contributed by atoms with Gasteiger partial charge in [-0.2, -0.15) is 0 Å². The Hall–Kier alpha value is -1.96. The molecule has 0 heterocycles. The molecule has 0 atom stereocenters. The van der Waals surface area contributed by atoms with Crippen LogP contribution in [0.4, 0.5) is 0 Å². The predicted molar refractivity (Wildman–Crippen MR) is 88.6 cm³/mol. The Kier molecular flexibility index (Phi) is 27.7. The second-order valence-corrected chi connectivity index (χ2v) is 5.51. The van der Waals surface area contributed by atoms with Gasteiger partial charge >= 0.3 is 19.5 Å². The summed E-state index contributed by atoms with van der Waals surface area (Å²) in [4.78, 5) is 60.6. The molecule has 0 saturated heterocycles. The number of hydrogen-bond donors (Lipinski definition) is 0. The van der Waals surface area contributed by atoms with E-state index in [0.717, 1.165) is 0 Å². The second-order valence-electron chi connectivity index (χ2n) is 5.51. The molecule has 0 saturated carbocycles. The van der Waals surface area contributed by atoms with E-state index in [1.807, 2.05) is 20.8 Å². The number of carboxylic acids is 3. The van der Waals surface area contributed by atoms with Gasteiger partial charge in [0.25, 0.3) is 0 Å². The number of carbonyl (C=O) groups excluding carboxylic acids is 6. The standard InChI is InChI=1S/3C6H10O3.Ru/c3*1-2-3-5(7)4-6(8)9;/h3*2-4H2,1H3,(H,8,9);/q;;;+3/p-3. The van der Waals surface area contributed by atoms with Crippen LogP contribution in [0.2, 0.25) is 0 Å². The fourth-order valence-corrected chi connectivity index (χ4v) is 1.58. The minimum absolute atomic E-state index is 0. The molecule has 0 amide bonds. The van der Waals surface area contributed by atoms with Gasteiger partial charge in [0, 0.05) is 56.4 Å². The van der Waals surface area contributed by atoms with E-state index < -0.39 is 37.2 Å². The quantitative estimate of drug-likeness (QED) is 0.234. The van der Waals surface area contributed by atoms with Crippen LogP contribution in [-0.2, 0) is 48.2 Å². The SMILES string of the molecule is CCCC(=O)CC(=O)[O-].CCCC(=O)CC(=O)[O-].CCCC(=O)CC(=O)[O-].[Ru+3]. The van der Waals surface area contributed by atoms with Crippen molar-refractivity contribution in [2.24, 2.45) is 0 Å². The number of aliphatic carboxylic acids is 3. The van der Waals surface area contributed by atoms with Gasteiger partial charge in [0.15, 0.2) is 0 Å². The first kappa shape index (κ1) is 33.6. The van der Waals surface area contributed by atoms with Crippen molar-refractivity contribution < 1.29 is 63.6 Å². The average molecular weight is 488 g/mol. The summed E-state index contributed by atoms with van der Waals surface area (Å²) in [5, 5.41) is 29.3. The van der Waals surface area contributed by atoms with Gasteiger partial charge in [0.05, 0.1) is 0 Å². The molecule has 0 aromatic heterocycles. The van der Waals surface area contributed by atoms with Crippen LogP contribution in [0.25, 0.3) is 0 Å². The van der Waals surface area contributed by atoms with Gasteiger partial charge in [-0.1, -0.05) is 20.8 Å². The van der Waals surface area contributed by atoms with Crippen molar-refractivity contribution in [2.75, 3.05) is 0 Å². The fourth-order valence-electron chi connectivity index (χ4n) is 1.58. The maximum atomic E-state index is 10.4. The number of hydrogen-bond acceptors (Lipinski definition) is 9. The molecule has 1 radical (unpaired) electrons. The first-order chi connectivity index (χ1) is 12.5. The van der Waals surface area contributed by atoms with E-state index in [0.29, 0.717) is 38.5 Å². The van der Waals surface area contributed by atoms with E-state index >= 15 is 0 Å². The van der Waals surface area contributed by atoms with E-state index in [4.69, 9.17) is 0 Å².